The number of carbonyl (C=O) groups excluding carboxylic acids is 2. The third kappa shape index (κ3) is 5.19. The molecular weight excluding hydrogens is 377 g/mol. The molecule has 0 aliphatic heterocycles. The van der Waals surface area contributed by atoms with Crippen molar-refractivity contribution >= 4 is 29.3 Å². The van der Waals surface area contributed by atoms with Crippen molar-refractivity contribution in [3.63, 3.8) is 0 Å². The number of aryl methyl sites for hydroxylation is 2. The fourth-order valence-corrected chi connectivity index (χ4v) is 2.22. The van der Waals surface area contributed by atoms with Gasteiger partial charge in [0, 0.05) is 11.9 Å². The standard InChI is InChI=1S/C15H14ClF3N4O3/c1-8-3-9(2)23(22-8)6-13(25)26-7-12(24)21-14-11(16)4-10(5-20-14)15(17,18)19/h3-5H,6-7H2,1-2H3,(H,20,21,24). The fourth-order valence-electron chi connectivity index (χ4n) is 2.00. The maximum atomic E-state index is 12.5. The molecule has 0 radical (unpaired) electrons. The van der Waals surface area contributed by atoms with Crippen molar-refractivity contribution in [3.05, 3.63) is 40.3 Å². The van der Waals surface area contributed by atoms with Gasteiger partial charge in [0.15, 0.2) is 12.4 Å². The Balaban J connectivity index is 1.89. The van der Waals surface area contributed by atoms with Crippen LogP contribution in [0.25, 0.3) is 0 Å². The number of halogens is 4. The predicted molar refractivity (Wildman–Crippen MR) is 85.5 cm³/mol. The number of carbonyl (C=O) groups is 2. The van der Waals surface area contributed by atoms with Crippen molar-refractivity contribution in [2.45, 2.75) is 26.6 Å². The van der Waals surface area contributed by atoms with E-state index < -0.39 is 30.2 Å². The molecule has 0 aliphatic rings. The number of amides is 1. The van der Waals surface area contributed by atoms with E-state index in [0.717, 1.165) is 11.4 Å². The zero-order valence-corrected chi connectivity index (χ0v) is 14.5. The first-order valence-electron chi connectivity index (χ1n) is 7.25. The van der Waals surface area contributed by atoms with Crippen LogP contribution in [0.15, 0.2) is 18.3 Å². The van der Waals surface area contributed by atoms with E-state index in [1.54, 1.807) is 19.9 Å². The summed E-state index contributed by atoms with van der Waals surface area (Å²) >= 11 is 5.67. The number of alkyl halides is 3. The maximum absolute atomic E-state index is 12.5. The molecule has 0 aromatic carbocycles. The summed E-state index contributed by atoms with van der Waals surface area (Å²) in [7, 11) is 0. The number of ether oxygens (including phenoxy) is 1. The van der Waals surface area contributed by atoms with Gasteiger partial charge in [-0.1, -0.05) is 11.6 Å². The smallest absolute Gasteiger partial charge is 0.417 e. The molecule has 2 heterocycles. The van der Waals surface area contributed by atoms with Gasteiger partial charge in [-0.15, -0.1) is 0 Å². The third-order valence-electron chi connectivity index (χ3n) is 3.17. The number of esters is 1. The quantitative estimate of drug-likeness (QED) is 0.793. The summed E-state index contributed by atoms with van der Waals surface area (Å²) in [5.74, 6) is -1.75. The second-order valence-electron chi connectivity index (χ2n) is 5.35. The monoisotopic (exact) mass is 390 g/mol. The van der Waals surface area contributed by atoms with Crippen molar-refractivity contribution in [2.24, 2.45) is 0 Å². The Morgan fingerprint density at radius 3 is 2.54 bits per heavy atom. The number of pyridine rings is 1. The number of rotatable bonds is 5. The van der Waals surface area contributed by atoms with Crippen LogP contribution in [0.4, 0.5) is 19.0 Å². The highest BCUT2D eigenvalue weighted by molar-refractivity contribution is 6.33. The Labute approximate surface area is 151 Å². The number of hydrogen-bond acceptors (Lipinski definition) is 5. The van der Waals surface area contributed by atoms with Crippen LogP contribution in [0.3, 0.4) is 0 Å². The van der Waals surface area contributed by atoms with Crippen LogP contribution < -0.4 is 5.32 Å². The first-order chi connectivity index (χ1) is 12.1. The molecule has 0 spiro atoms. The lowest BCUT2D eigenvalue weighted by Crippen LogP contribution is -2.24. The number of nitrogens with one attached hydrogen (secondary N) is 1. The lowest BCUT2D eigenvalue weighted by atomic mass is 10.3. The molecule has 0 aliphatic carbocycles. The van der Waals surface area contributed by atoms with E-state index in [0.29, 0.717) is 12.3 Å². The molecule has 11 heteroatoms. The van der Waals surface area contributed by atoms with Gasteiger partial charge in [-0.05, 0) is 26.0 Å². The molecule has 0 atom stereocenters. The van der Waals surface area contributed by atoms with E-state index in [9.17, 15) is 22.8 Å². The number of nitrogens with zero attached hydrogens (tertiary/aromatic N) is 3. The number of anilines is 1. The van der Waals surface area contributed by atoms with Crippen molar-refractivity contribution in [1.82, 2.24) is 14.8 Å². The summed E-state index contributed by atoms with van der Waals surface area (Å²) < 4.78 is 43.8. The number of aromatic nitrogens is 3. The number of hydrogen-bond donors (Lipinski definition) is 1. The Bertz CT molecular complexity index is 836. The van der Waals surface area contributed by atoms with Crippen LogP contribution in [0.1, 0.15) is 17.0 Å². The van der Waals surface area contributed by atoms with Crippen LogP contribution >= 0.6 is 11.6 Å². The van der Waals surface area contributed by atoms with Gasteiger partial charge in [0.1, 0.15) is 6.54 Å². The highest BCUT2D eigenvalue weighted by Crippen LogP contribution is 2.32. The van der Waals surface area contributed by atoms with Gasteiger partial charge in [-0.3, -0.25) is 14.3 Å². The molecule has 0 saturated carbocycles. The van der Waals surface area contributed by atoms with E-state index in [1.165, 1.54) is 4.68 Å². The van der Waals surface area contributed by atoms with Gasteiger partial charge in [0.2, 0.25) is 0 Å². The molecule has 0 saturated heterocycles. The van der Waals surface area contributed by atoms with Crippen molar-refractivity contribution in [3.8, 4) is 0 Å². The molecule has 2 rings (SSSR count). The largest absolute Gasteiger partial charge is 0.454 e. The van der Waals surface area contributed by atoms with Gasteiger partial charge < -0.3 is 10.1 Å². The highest BCUT2D eigenvalue weighted by Gasteiger charge is 2.31. The molecular formula is C15H14ClF3N4O3. The van der Waals surface area contributed by atoms with Gasteiger partial charge in [0.25, 0.3) is 5.91 Å². The first kappa shape index (κ1) is 19.7. The Kier molecular flexibility index (Phi) is 5.86. The minimum Gasteiger partial charge on any atom is -0.454 e. The first-order valence-corrected chi connectivity index (χ1v) is 7.63. The average molecular weight is 391 g/mol. The zero-order chi connectivity index (χ0) is 19.5. The van der Waals surface area contributed by atoms with Crippen molar-refractivity contribution in [2.75, 3.05) is 11.9 Å². The van der Waals surface area contributed by atoms with Crippen LogP contribution in [0.2, 0.25) is 5.02 Å². The van der Waals surface area contributed by atoms with Crippen LogP contribution in [-0.2, 0) is 27.0 Å². The summed E-state index contributed by atoms with van der Waals surface area (Å²) in [5, 5.41) is 5.87. The maximum Gasteiger partial charge on any atom is 0.417 e. The Morgan fingerprint density at radius 2 is 2.00 bits per heavy atom. The molecule has 1 N–H and O–H groups in total. The van der Waals surface area contributed by atoms with E-state index in [4.69, 9.17) is 16.3 Å². The van der Waals surface area contributed by atoms with E-state index in [1.807, 2.05) is 0 Å². The second kappa shape index (κ2) is 7.73. The third-order valence-corrected chi connectivity index (χ3v) is 3.46. The van der Waals surface area contributed by atoms with Gasteiger partial charge in [-0.25, -0.2) is 4.98 Å². The normalized spacial score (nSPS) is 11.3. The van der Waals surface area contributed by atoms with Crippen LogP contribution in [0.5, 0.6) is 0 Å². The summed E-state index contributed by atoms with van der Waals surface area (Å²) in [4.78, 5) is 26.9. The van der Waals surface area contributed by atoms with E-state index in [2.05, 4.69) is 15.4 Å². The lowest BCUT2D eigenvalue weighted by Gasteiger charge is -2.10. The van der Waals surface area contributed by atoms with Gasteiger partial charge in [-0.2, -0.15) is 18.3 Å². The molecule has 0 unspecified atom stereocenters. The van der Waals surface area contributed by atoms with E-state index >= 15 is 0 Å². The topological polar surface area (TPSA) is 86.1 Å². The van der Waals surface area contributed by atoms with Gasteiger partial charge >= 0.3 is 12.1 Å². The summed E-state index contributed by atoms with van der Waals surface area (Å²) in [6.07, 6.45) is -4.06. The second-order valence-corrected chi connectivity index (χ2v) is 5.75. The molecule has 2 aromatic heterocycles. The molecule has 0 bridgehead atoms. The molecule has 26 heavy (non-hydrogen) atoms. The highest BCUT2D eigenvalue weighted by atomic mass is 35.5. The minimum atomic E-state index is -4.60. The fraction of sp³-hybridized carbons (Fsp3) is 0.333. The lowest BCUT2D eigenvalue weighted by molar-refractivity contribution is -0.148. The minimum absolute atomic E-state index is 0.174. The molecule has 7 nitrogen and oxygen atoms in total. The Hall–Kier alpha value is -2.62. The Morgan fingerprint density at radius 1 is 1.31 bits per heavy atom. The van der Waals surface area contributed by atoms with Crippen LogP contribution in [-0.4, -0.2) is 33.2 Å². The summed E-state index contributed by atoms with van der Waals surface area (Å²) in [5.41, 5.74) is 0.442. The molecule has 1 amide bonds. The molecule has 0 fully saturated rings. The molecule has 2 aromatic rings. The summed E-state index contributed by atoms with van der Waals surface area (Å²) in [6, 6.07) is 2.41. The van der Waals surface area contributed by atoms with E-state index in [-0.39, 0.29) is 17.4 Å². The molecule has 140 valence electrons. The SMILES string of the molecule is Cc1cc(C)n(CC(=O)OCC(=O)Nc2ncc(C(F)(F)F)cc2Cl)n1. The van der Waals surface area contributed by atoms with Crippen LogP contribution in [0, 0.1) is 13.8 Å². The van der Waals surface area contributed by atoms with Gasteiger partial charge in [0.05, 0.1) is 16.3 Å². The average Bonchev–Trinajstić information content (AvgIpc) is 2.84. The van der Waals surface area contributed by atoms with Crippen molar-refractivity contribution in [1.29, 1.82) is 0 Å². The summed E-state index contributed by atoms with van der Waals surface area (Å²) in [6.45, 7) is 2.71. The zero-order valence-electron chi connectivity index (χ0n) is 13.7. The predicted octanol–water partition coefficient (Wildman–Crippen LogP) is 2.75. The van der Waals surface area contributed by atoms with Crippen molar-refractivity contribution < 1.29 is 27.5 Å².